The SMILES string of the molecule is O=[P+](O)OC[C@H]1O[C@@H](N2CNC3CNCNC32)[C@H](O)[C@@H]1O. The van der Waals surface area contributed by atoms with Crippen LogP contribution in [0.1, 0.15) is 0 Å². The van der Waals surface area contributed by atoms with E-state index in [1.807, 2.05) is 4.90 Å². The number of hydrogen-bond donors (Lipinski definition) is 6. The van der Waals surface area contributed by atoms with Crippen LogP contribution in [0, 0.1) is 0 Å². The summed E-state index contributed by atoms with van der Waals surface area (Å²) in [4.78, 5) is 10.5. The van der Waals surface area contributed by atoms with Gasteiger partial charge in [-0.3, -0.25) is 10.6 Å². The average Bonchev–Trinajstić information content (AvgIpc) is 3.00. The van der Waals surface area contributed by atoms with Crippen molar-refractivity contribution in [3.63, 3.8) is 0 Å². The van der Waals surface area contributed by atoms with Gasteiger partial charge >= 0.3 is 8.25 Å². The smallest absolute Gasteiger partial charge is 0.387 e. The van der Waals surface area contributed by atoms with Gasteiger partial charge in [-0.1, -0.05) is 0 Å². The lowest BCUT2D eigenvalue weighted by Gasteiger charge is -2.35. The van der Waals surface area contributed by atoms with E-state index in [2.05, 4.69) is 20.5 Å². The highest BCUT2D eigenvalue weighted by molar-refractivity contribution is 7.32. The van der Waals surface area contributed by atoms with Crippen LogP contribution in [-0.2, 0) is 13.8 Å². The van der Waals surface area contributed by atoms with Gasteiger partial charge in [0.1, 0.15) is 31.1 Å². The van der Waals surface area contributed by atoms with Crippen LogP contribution in [0.25, 0.3) is 0 Å². The Morgan fingerprint density at radius 3 is 2.90 bits per heavy atom. The molecular formula is C10H20N4O6P+. The third-order valence-electron chi connectivity index (χ3n) is 4.09. The zero-order valence-electron chi connectivity index (χ0n) is 11.3. The summed E-state index contributed by atoms with van der Waals surface area (Å²) in [6, 6.07) is 0.189. The Labute approximate surface area is 122 Å². The lowest BCUT2D eigenvalue weighted by molar-refractivity contribution is -0.107. The summed E-state index contributed by atoms with van der Waals surface area (Å²) in [7, 11) is -2.76. The van der Waals surface area contributed by atoms with Crippen molar-refractivity contribution in [1.29, 1.82) is 0 Å². The van der Waals surface area contributed by atoms with E-state index >= 15 is 0 Å². The highest BCUT2D eigenvalue weighted by atomic mass is 31.1. The standard InChI is InChI=1S/C10H19N4O6P/c15-7-6(2-19-21(17)18)20-10(8(7)16)14-4-13-5-1-11-3-12-9(5)14/h5-13,15-16H,1-4H2/p+1/t5?,6-,7-,8-,9?,10-/m1/s1. The van der Waals surface area contributed by atoms with Crippen molar-refractivity contribution < 1.29 is 28.9 Å². The molecule has 3 aliphatic rings. The zero-order valence-corrected chi connectivity index (χ0v) is 12.1. The Bertz CT molecular complexity index is 404. The molecule has 3 unspecified atom stereocenters. The van der Waals surface area contributed by atoms with E-state index in [1.165, 1.54) is 0 Å². The first-order valence-electron chi connectivity index (χ1n) is 6.82. The van der Waals surface area contributed by atoms with Crippen LogP contribution < -0.4 is 16.0 Å². The molecule has 0 bridgehead atoms. The highest BCUT2D eigenvalue weighted by Gasteiger charge is 2.50. The van der Waals surface area contributed by atoms with Gasteiger partial charge in [0.15, 0.2) is 0 Å². The fourth-order valence-corrected chi connectivity index (χ4v) is 3.31. The highest BCUT2D eigenvalue weighted by Crippen LogP contribution is 2.29. The van der Waals surface area contributed by atoms with E-state index in [4.69, 9.17) is 9.63 Å². The number of fused-ring (bicyclic) bond motifs is 1. The number of aliphatic hydroxyl groups is 2. The normalized spacial score (nSPS) is 44.8. The number of aliphatic hydroxyl groups excluding tert-OH is 2. The van der Waals surface area contributed by atoms with Gasteiger partial charge < -0.3 is 20.3 Å². The molecule has 6 N–H and O–H groups in total. The van der Waals surface area contributed by atoms with Crippen LogP contribution in [0.3, 0.4) is 0 Å². The second-order valence-corrected chi connectivity index (χ2v) is 6.08. The molecule has 3 heterocycles. The van der Waals surface area contributed by atoms with E-state index in [1.54, 1.807) is 0 Å². The molecule has 10 nitrogen and oxygen atoms in total. The van der Waals surface area contributed by atoms with Gasteiger partial charge in [0, 0.05) is 23.8 Å². The summed E-state index contributed by atoms with van der Waals surface area (Å²) < 4.78 is 20.8. The molecule has 0 aromatic rings. The Balaban J connectivity index is 1.64. The summed E-state index contributed by atoms with van der Waals surface area (Å²) in [6.07, 6.45) is -3.81. The van der Waals surface area contributed by atoms with Crippen LogP contribution in [0.15, 0.2) is 0 Å². The maximum Gasteiger partial charge on any atom is 0.694 e. The fourth-order valence-electron chi connectivity index (χ4n) is 3.04. The Morgan fingerprint density at radius 2 is 2.14 bits per heavy atom. The molecule has 0 spiro atoms. The van der Waals surface area contributed by atoms with Crippen LogP contribution in [0.4, 0.5) is 0 Å². The number of rotatable bonds is 4. The average molecular weight is 323 g/mol. The van der Waals surface area contributed by atoms with Gasteiger partial charge in [0.05, 0.1) is 12.8 Å². The lowest BCUT2D eigenvalue weighted by Crippen LogP contribution is -2.61. The van der Waals surface area contributed by atoms with Crippen molar-refractivity contribution >= 4 is 8.25 Å². The van der Waals surface area contributed by atoms with Crippen molar-refractivity contribution in [3.05, 3.63) is 0 Å². The summed E-state index contributed by atoms with van der Waals surface area (Å²) in [5.41, 5.74) is 0. The third-order valence-corrected chi connectivity index (χ3v) is 4.46. The van der Waals surface area contributed by atoms with Crippen LogP contribution >= 0.6 is 8.25 Å². The van der Waals surface area contributed by atoms with E-state index in [-0.39, 0.29) is 18.8 Å². The molecule has 3 aliphatic heterocycles. The molecule has 3 fully saturated rings. The molecule has 0 radical (unpaired) electrons. The van der Waals surface area contributed by atoms with Gasteiger partial charge in [-0.15, -0.1) is 9.42 Å². The second kappa shape index (κ2) is 6.47. The fraction of sp³-hybridized carbons (Fsp3) is 1.00. The molecule has 0 aromatic heterocycles. The van der Waals surface area contributed by atoms with E-state index in [9.17, 15) is 14.8 Å². The van der Waals surface area contributed by atoms with Gasteiger partial charge in [0.25, 0.3) is 0 Å². The number of ether oxygens (including phenoxy) is 1. The van der Waals surface area contributed by atoms with Crippen LogP contribution in [0.5, 0.6) is 0 Å². The molecule has 120 valence electrons. The Hall–Kier alpha value is -0.260. The third kappa shape index (κ3) is 3.10. The summed E-state index contributed by atoms with van der Waals surface area (Å²) in [5, 5.41) is 29.9. The summed E-state index contributed by atoms with van der Waals surface area (Å²) in [6.45, 7) is 1.73. The minimum Gasteiger partial charge on any atom is -0.387 e. The van der Waals surface area contributed by atoms with Crippen LogP contribution in [-0.4, -0.2) is 83.2 Å². The minimum atomic E-state index is -2.76. The second-order valence-electron chi connectivity index (χ2n) is 5.34. The van der Waals surface area contributed by atoms with E-state index < -0.39 is 32.8 Å². The first-order valence-corrected chi connectivity index (χ1v) is 7.95. The first kappa shape index (κ1) is 15.6. The van der Waals surface area contributed by atoms with Crippen molar-refractivity contribution in [1.82, 2.24) is 20.9 Å². The summed E-state index contributed by atoms with van der Waals surface area (Å²) >= 11 is 0. The van der Waals surface area contributed by atoms with Gasteiger partial charge in [0.2, 0.25) is 0 Å². The first-order chi connectivity index (χ1) is 10.1. The summed E-state index contributed by atoms with van der Waals surface area (Å²) in [5.74, 6) is 0. The molecule has 3 rings (SSSR count). The maximum absolute atomic E-state index is 10.6. The Kier molecular flexibility index (Phi) is 4.81. The monoisotopic (exact) mass is 323 g/mol. The quantitative estimate of drug-likeness (QED) is 0.294. The van der Waals surface area contributed by atoms with E-state index in [0.717, 1.165) is 6.54 Å². The molecule has 0 aliphatic carbocycles. The number of nitrogens with one attached hydrogen (secondary N) is 3. The van der Waals surface area contributed by atoms with Crippen molar-refractivity contribution in [3.8, 4) is 0 Å². The zero-order chi connectivity index (χ0) is 15.0. The van der Waals surface area contributed by atoms with Crippen molar-refractivity contribution in [2.24, 2.45) is 0 Å². The molecular weight excluding hydrogens is 303 g/mol. The predicted octanol–water partition coefficient (Wildman–Crippen LogP) is -3.19. The number of nitrogens with zero attached hydrogens (tertiary/aromatic N) is 1. The van der Waals surface area contributed by atoms with Gasteiger partial charge in [-0.25, -0.2) is 4.90 Å². The Morgan fingerprint density at radius 1 is 1.33 bits per heavy atom. The molecule has 3 saturated heterocycles. The maximum atomic E-state index is 10.6. The van der Waals surface area contributed by atoms with Gasteiger partial charge in [-0.05, 0) is 0 Å². The van der Waals surface area contributed by atoms with Crippen LogP contribution in [0.2, 0.25) is 0 Å². The number of hydrogen-bond acceptors (Lipinski definition) is 9. The topological polar surface area (TPSA) is 136 Å². The van der Waals surface area contributed by atoms with Gasteiger partial charge in [-0.2, -0.15) is 0 Å². The minimum absolute atomic E-state index is 0.00718. The molecule has 0 aromatic carbocycles. The predicted molar refractivity (Wildman–Crippen MR) is 69.9 cm³/mol. The molecule has 21 heavy (non-hydrogen) atoms. The molecule has 0 amide bonds. The lowest BCUT2D eigenvalue weighted by atomic mass is 10.1. The largest absolute Gasteiger partial charge is 0.694 e. The van der Waals surface area contributed by atoms with Crippen molar-refractivity contribution in [2.75, 3.05) is 26.5 Å². The van der Waals surface area contributed by atoms with Crippen molar-refractivity contribution in [2.45, 2.75) is 36.7 Å². The molecule has 7 atom stereocenters. The van der Waals surface area contributed by atoms with E-state index in [0.29, 0.717) is 13.3 Å². The molecule has 11 heteroatoms. The molecule has 0 saturated carbocycles.